The van der Waals surface area contributed by atoms with Crippen LogP contribution in [0.3, 0.4) is 0 Å². The molecule has 1 N–H and O–H groups in total. The van der Waals surface area contributed by atoms with Gasteiger partial charge in [0, 0.05) is 36.8 Å². The zero-order valence-corrected chi connectivity index (χ0v) is 18.3. The number of hydrogen-bond donors (Lipinski definition) is 1. The maximum Gasteiger partial charge on any atom is 0.246 e. The van der Waals surface area contributed by atoms with Crippen LogP contribution in [0.1, 0.15) is 31.7 Å². The Morgan fingerprint density at radius 1 is 1.27 bits per heavy atom. The lowest BCUT2D eigenvalue weighted by Crippen LogP contribution is -2.41. The van der Waals surface area contributed by atoms with Crippen molar-refractivity contribution in [2.75, 3.05) is 29.9 Å². The highest BCUT2D eigenvalue weighted by Crippen LogP contribution is 2.32. The van der Waals surface area contributed by atoms with Crippen molar-refractivity contribution in [3.8, 4) is 0 Å². The highest BCUT2D eigenvalue weighted by atomic mass is 32.2. The van der Waals surface area contributed by atoms with Crippen molar-refractivity contribution < 1.29 is 18.0 Å². The molecule has 1 fully saturated rings. The summed E-state index contributed by atoms with van der Waals surface area (Å²) in [6.07, 6.45) is 4.01. The molecular weight excluding hydrogens is 424 g/mol. The predicted octanol–water partition coefficient (Wildman–Crippen LogP) is 2.48. The van der Waals surface area contributed by atoms with Gasteiger partial charge in [-0.2, -0.15) is 4.31 Å². The molecule has 2 amide bonds. The van der Waals surface area contributed by atoms with Crippen LogP contribution in [0.5, 0.6) is 0 Å². The van der Waals surface area contributed by atoms with Gasteiger partial charge in [0.1, 0.15) is 6.54 Å². The first kappa shape index (κ1) is 21.0. The fraction of sp³-hybridized carbons (Fsp3) is 0.450. The Morgan fingerprint density at radius 2 is 2.03 bits per heavy atom. The van der Waals surface area contributed by atoms with Crippen LogP contribution in [0, 0.1) is 5.92 Å². The lowest BCUT2D eigenvalue weighted by molar-refractivity contribution is -0.121. The average Bonchev–Trinajstić information content (AvgIpc) is 3.23. The number of fused-ring (bicyclic) bond motifs is 1. The van der Waals surface area contributed by atoms with Gasteiger partial charge in [0.15, 0.2) is 5.13 Å². The largest absolute Gasteiger partial charge is 0.303 e. The van der Waals surface area contributed by atoms with Gasteiger partial charge in [0.25, 0.3) is 0 Å². The van der Waals surface area contributed by atoms with E-state index in [2.05, 4.69) is 17.2 Å². The highest BCUT2D eigenvalue weighted by Gasteiger charge is 2.31. The van der Waals surface area contributed by atoms with E-state index in [0.717, 1.165) is 18.4 Å². The van der Waals surface area contributed by atoms with Crippen LogP contribution in [0.15, 0.2) is 34.7 Å². The molecule has 30 heavy (non-hydrogen) atoms. The van der Waals surface area contributed by atoms with E-state index < -0.39 is 10.0 Å². The molecule has 1 aromatic carbocycles. The van der Waals surface area contributed by atoms with Gasteiger partial charge in [-0.1, -0.05) is 6.92 Å². The first-order chi connectivity index (χ1) is 14.3. The van der Waals surface area contributed by atoms with Gasteiger partial charge >= 0.3 is 0 Å². The van der Waals surface area contributed by atoms with Crippen LogP contribution in [0.4, 0.5) is 10.8 Å². The number of sulfonamides is 1. The SMILES string of the molecule is CC1CCN(S(=O)(=O)c2ccc3c(c2)CCC(=O)N3CC(=O)Nc2nccs2)CC1. The third-order valence-corrected chi connectivity index (χ3v) is 8.19. The number of nitrogens with zero attached hydrogens (tertiary/aromatic N) is 3. The first-order valence-electron chi connectivity index (χ1n) is 9.97. The summed E-state index contributed by atoms with van der Waals surface area (Å²) < 4.78 is 27.7. The summed E-state index contributed by atoms with van der Waals surface area (Å²) in [5.41, 5.74) is 1.36. The molecule has 0 aliphatic carbocycles. The van der Waals surface area contributed by atoms with Gasteiger partial charge in [0.05, 0.1) is 4.90 Å². The lowest BCUT2D eigenvalue weighted by Gasteiger charge is -2.31. The van der Waals surface area contributed by atoms with Crippen molar-refractivity contribution in [3.05, 3.63) is 35.3 Å². The molecule has 2 aliphatic heterocycles. The second-order valence-corrected chi connectivity index (χ2v) is 10.6. The summed E-state index contributed by atoms with van der Waals surface area (Å²) in [7, 11) is -3.56. The molecule has 0 unspecified atom stereocenters. The van der Waals surface area contributed by atoms with E-state index >= 15 is 0 Å². The third-order valence-electron chi connectivity index (χ3n) is 5.61. The fourth-order valence-electron chi connectivity index (χ4n) is 3.83. The molecule has 1 aromatic heterocycles. The standard InChI is InChI=1S/C20H24N4O4S2/c1-14-6-9-23(10-7-14)30(27,28)16-3-4-17-15(12-16)2-5-19(26)24(17)13-18(25)22-20-21-8-11-29-20/h3-4,8,11-12,14H,2,5-7,9-10,13H2,1H3,(H,21,22,25). The number of aromatic nitrogens is 1. The Kier molecular flexibility index (Phi) is 5.90. The van der Waals surface area contributed by atoms with Gasteiger partial charge in [0.2, 0.25) is 21.8 Å². The molecule has 8 nitrogen and oxygen atoms in total. The number of carbonyl (C=O) groups excluding carboxylic acids is 2. The van der Waals surface area contributed by atoms with E-state index in [-0.39, 0.29) is 29.7 Å². The zero-order valence-electron chi connectivity index (χ0n) is 16.7. The summed E-state index contributed by atoms with van der Waals surface area (Å²) >= 11 is 1.30. The molecule has 3 heterocycles. The second kappa shape index (κ2) is 8.44. The lowest BCUT2D eigenvalue weighted by atomic mass is 10.0. The van der Waals surface area contributed by atoms with Crippen molar-refractivity contribution in [2.45, 2.75) is 37.5 Å². The number of rotatable bonds is 5. The minimum Gasteiger partial charge on any atom is -0.303 e. The van der Waals surface area contributed by atoms with E-state index in [1.54, 1.807) is 28.0 Å². The maximum atomic E-state index is 13.1. The van der Waals surface area contributed by atoms with Gasteiger partial charge in [-0.3, -0.25) is 9.59 Å². The molecule has 0 radical (unpaired) electrons. The average molecular weight is 449 g/mol. The van der Waals surface area contributed by atoms with E-state index in [1.165, 1.54) is 22.3 Å². The minimum absolute atomic E-state index is 0.137. The van der Waals surface area contributed by atoms with Gasteiger partial charge in [-0.05, 0) is 48.9 Å². The topological polar surface area (TPSA) is 99.7 Å². The Bertz CT molecular complexity index is 1040. The monoisotopic (exact) mass is 448 g/mol. The summed E-state index contributed by atoms with van der Waals surface area (Å²) in [6, 6.07) is 4.83. The summed E-state index contributed by atoms with van der Waals surface area (Å²) in [4.78, 5) is 30.5. The van der Waals surface area contributed by atoms with Crippen LogP contribution < -0.4 is 10.2 Å². The van der Waals surface area contributed by atoms with Gasteiger partial charge < -0.3 is 10.2 Å². The molecule has 1 saturated heterocycles. The fourth-order valence-corrected chi connectivity index (χ4v) is 5.90. The van der Waals surface area contributed by atoms with Crippen LogP contribution in [-0.4, -0.2) is 49.2 Å². The molecular formula is C20H24N4O4S2. The number of nitrogens with one attached hydrogen (secondary N) is 1. The van der Waals surface area contributed by atoms with Crippen LogP contribution in [0.2, 0.25) is 0 Å². The Hall–Kier alpha value is -2.30. The van der Waals surface area contributed by atoms with E-state index in [9.17, 15) is 18.0 Å². The Morgan fingerprint density at radius 3 is 2.73 bits per heavy atom. The molecule has 10 heteroatoms. The number of carbonyl (C=O) groups is 2. The van der Waals surface area contributed by atoms with Crippen molar-refractivity contribution in [2.24, 2.45) is 5.92 Å². The van der Waals surface area contributed by atoms with E-state index in [0.29, 0.717) is 36.2 Å². The van der Waals surface area contributed by atoms with Crippen LogP contribution in [0.25, 0.3) is 0 Å². The Labute approximate surface area is 180 Å². The summed E-state index contributed by atoms with van der Waals surface area (Å²) in [5, 5.41) is 4.90. The molecule has 160 valence electrons. The van der Waals surface area contributed by atoms with Crippen LogP contribution >= 0.6 is 11.3 Å². The van der Waals surface area contributed by atoms with Crippen molar-refractivity contribution >= 4 is 44.0 Å². The number of hydrogen-bond acceptors (Lipinski definition) is 6. The van der Waals surface area contributed by atoms with Crippen LogP contribution in [-0.2, 0) is 26.0 Å². The molecule has 2 aromatic rings. The van der Waals surface area contributed by atoms with E-state index in [1.807, 2.05) is 0 Å². The zero-order chi connectivity index (χ0) is 21.3. The number of anilines is 2. The quantitative estimate of drug-likeness (QED) is 0.758. The second-order valence-electron chi connectivity index (χ2n) is 7.74. The smallest absolute Gasteiger partial charge is 0.246 e. The molecule has 0 atom stereocenters. The van der Waals surface area contributed by atoms with E-state index in [4.69, 9.17) is 0 Å². The number of aryl methyl sites for hydroxylation is 1. The van der Waals surface area contributed by atoms with Crippen molar-refractivity contribution in [1.82, 2.24) is 9.29 Å². The van der Waals surface area contributed by atoms with Gasteiger partial charge in [-0.25, -0.2) is 13.4 Å². The van der Waals surface area contributed by atoms with Gasteiger partial charge in [-0.15, -0.1) is 11.3 Å². The number of piperidine rings is 1. The third kappa shape index (κ3) is 4.26. The molecule has 0 saturated carbocycles. The first-order valence-corrected chi connectivity index (χ1v) is 12.3. The van der Waals surface area contributed by atoms with Crippen molar-refractivity contribution in [1.29, 1.82) is 0 Å². The highest BCUT2D eigenvalue weighted by molar-refractivity contribution is 7.89. The molecule has 0 spiro atoms. The summed E-state index contributed by atoms with van der Waals surface area (Å²) in [6.45, 7) is 3.06. The normalized spacial score (nSPS) is 18.3. The Balaban J connectivity index is 1.54. The molecule has 0 bridgehead atoms. The number of thiazole rings is 1. The molecule has 2 aliphatic rings. The number of amides is 2. The number of benzene rings is 1. The van der Waals surface area contributed by atoms with Crippen molar-refractivity contribution in [3.63, 3.8) is 0 Å². The minimum atomic E-state index is -3.56. The maximum absolute atomic E-state index is 13.1. The summed E-state index contributed by atoms with van der Waals surface area (Å²) in [5.74, 6) is 0.0396. The molecule has 4 rings (SSSR count). The predicted molar refractivity (Wildman–Crippen MR) is 115 cm³/mol.